The summed E-state index contributed by atoms with van der Waals surface area (Å²) >= 11 is 0. The molecule has 1 heterocycles. The van der Waals surface area contributed by atoms with Crippen LogP contribution >= 0.6 is 0 Å². The Labute approximate surface area is 122 Å². The van der Waals surface area contributed by atoms with Crippen molar-refractivity contribution in [2.75, 3.05) is 13.2 Å². The largest absolute Gasteiger partial charge is 0.487 e. The second-order valence-electron chi connectivity index (χ2n) is 4.27. The molecule has 1 aromatic carbocycles. The van der Waals surface area contributed by atoms with E-state index < -0.39 is 4.92 Å². The highest BCUT2D eigenvalue weighted by Crippen LogP contribution is 2.37. The normalized spacial score (nSPS) is 10.6. The molecule has 112 valence electrons. The fourth-order valence-corrected chi connectivity index (χ4v) is 1.90. The maximum atomic E-state index is 11.1. The molecular formula is C14H17N3O4. The SMILES string of the molecule is CCNCc1coc(-c2cccc([N+](=O)[O-])c2OCC)n1. The van der Waals surface area contributed by atoms with E-state index in [4.69, 9.17) is 9.15 Å². The summed E-state index contributed by atoms with van der Waals surface area (Å²) in [5.41, 5.74) is 1.12. The van der Waals surface area contributed by atoms with Crippen molar-refractivity contribution in [3.8, 4) is 17.2 Å². The van der Waals surface area contributed by atoms with Crippen LogP contribution < -0.4 is 10.1 Å². The lowest BCUT2D eigenvalue weighted by atomic mass is 10.1. The lowest BCUT2D eigenvalue weighted by Gasteiger charge is -2.07. The number of aromatic nitrogens is 1. The zero-order chi connectivity index (χ0) is 15.2. The van der Waals surface area contributed by atoms with Gasteiger partial charge in [0.1, 0.15) is 6.26 Å². The minimum absolute atomic E-state index is 0.0965. The molecular weight excluding hydrogens is 274 g/mol. The standard InChI is InChI=1S/C14H17N3O4/c1-3-15-8-10-9-21-14(16-10)11-6-5-7-12(17(18)19)13(11)20-4-2/h5-7,9,15H,3-4,8H2,1-2H3. The van der Waals surface area contributed by atoms with Crippen molar-refractivity contribution in [2.45, 2.75) is 20.4 Å². The number of nitrogens with one attached hydrogen (secondary N) is 1. The zero-order valence-corrected chi connectivity index (χ0v) is 12.0. The molecule has 0 saturated carbocycles. The summed E-state index contributed by atoms with van der Waals surface area (Å²) in [7, 11) is 0. The highest BCUT2D eigenvalue weighted by Gasteiger charge is 2.22. The van der Waals surface area contributed by atoms with Gasteiger partial charge in [-0.15, -0.1) is 0 Å². The van der Waals surface area contributed by atoms with Gasteiger partial charge in [0.05, 0.1) is 22.8 Å². The molecule has 0 radical (unpaired) electrons. The highest BCUT2D eigenvalue weighted by molar-refractivity contribution is 5.70. The highest BCUT2D eigenvalue weighted by atomic mass is 16.6. The molecule has 0 amide bonds. The Morgan fingerprint density at radius 1 is 1.43 bits per heavy atom. The van der Waals surface area contributed by atoms with Gasteiger partial charge in [0.25, 0.3) is 0 Å². The first-order valence-electron chi connectivity index (χ1n) is 6.73. The summed E-state index contributed by atoms with van der Waals surface area (Å²) in [6.07, 6.45) is 1.53. The Kier molecular flexibility index (Phi) is 4.89. The molecule has 0 fully saturated rings. The van der Waals surface area contributed by atoms with Crippen molar-refractivity contribution in [2.24, 2.45) is 0 Å². The van der Waals surface area contributed by atoms with Crippen LogP contribution in [0.15, 0.2) is 28.9 Å². The summed E-state index contributed by atoms with van der Waals surface area (Å²) in [4.78, 5) is 14.9. The molecule has 0 aliphatic rings. The van der Waals surface area contributed by atoms with Crippen LogP contribution in [0.1, 0.15) is 19.5 Å². The molecule has 0 spiro atoms. The number of nitro groups is 1. The molecule has 7 nitrogen and oxygen atoms in total. The summed E-state index contributed by atoms with van der Waals surface area (Å²) in [6.45, 7) is 5.49. The third-order valence-corrected chi connectivity index (χ3v) is 2.82. The third kappa shape index (κ3) is 3.38. The van der Waals surface area contributed by atoms with E-state index >= 15 is 0 Å². The molecule has 0 aliphatic heterocycles. The second kappa shape index (κ2) is 6.85. The molecule has 0 bridgehead atoms. The first kappa shape index (κ1) is 15.0. The van der Waals surface area contributed by atoms with E-state index in [2.05, 4.69) is 10.3 Å². The summed E-state index contributed by atoms with van der Waals surface area (Å²) in [5.74, 6) is 0.497. The van der Waals surface area contributed by atoms with E-state index in [1.165, 1.54) is 12.3 Å². The fourth-order valence-electron chi connectivity index (χ4n) is 1.90. The van der Waals surface area contributed by atoms with E-state index in [9.17, 15) is 10.1 Å². The smallest absolute Gasteiger partial charge is 0.311 e. The van der Waals surface area contributed by atoms with Crippen molar-refractivity contribution >= 4 is 5.69 Å². The van der Waals surface area contributed by atoms with Gasteiger partial charge in [-0.25, -0.2) is 4.98 Å². The summed E-state index contributed by atoms with van der Waals surface area (Å²) < 4.78 is 10.8. The minimum Gasteiger partial charge on any atom is -0.487 e. The molecule has 7 heteroatoms. The van der Waals surface area contributed by atoms with Crippen LogP contribution in [-0.4, -0.2) is 23.1 Å². The third-order valence-electron chi connectivity index (χ3n) is 2.82. The number of oxazole rings is 1. The van der Waals surface area contributed by atoms with Gasteiger partial charge in [0, 0.05) is 12.6 Å². The van der Waals surface area contributed by atoms with Gasteiger partial charge in [-0.05, 0) is 19.5 Å². The lowest BCUT2D eigenvalue weighted by molar-refractivity contribution is -0.385. The average molecular weight is 291 g/mol. The number of ether oxygens (including phenoxy) is 1. The van der Waals surface area contributed by atoms with E-state index in [1.807, 2.05) is 6.92 Å². The van der Waals surface area contributed by atoms with Crippen LogP contribution in [0, 0.1) is 10.1 Å². The van der Waals surface area contributed by atoms with Crippen molar-refractivity contribution in [1.29, 1.82) is 0 Å². The van der Waals surface area contributed by atoms with Gasteiger partial charge in [0.15, 0.2) is 0 Å². The topological polar surface area (TPSA) is 90.4 Å². The second-order valence-corrected chi connectivity index (χ2v) is 4.27. The Morgan fingerprint density at radius 3 is 2.90 bits per heavy atom. The maximum Gasteiger partial charge on any atom is 0.311 e. The number of benzene rings is 1. The number of nitrogens with zero attached hydrogens (tertiary/aromatic N) is 2. The molecule has 0 saturated heterocycles. The van der Waals surface area contributed by atoms with Crippen LogP contribution in [0.25, 0.3) is 11.5 Å². The van der Waals surface area contributed by atoms with Crippen molar-refractivity contribution < 1.29 is 14.1 Å². The zero-order valence-electron chi connectivity index (χ0n) is 12.0. The van der Waals surface area contributed by atoms with Crippen LogP contribution in [0.4, 0.5) is 5.69 Å². The van der Waals surface area contributed by atoms with E-state index in [-0.39, 0.29) is 11.4 Å². The summed E-state index contributed by atoms with van der Waals surface area (Å²) in [5, 5.41) is 14.2. The fraction of sp³-hybridized carbons (Fsp3) is 0.357. The van der Waals surface area contributed by atoms with Gasteiger partial charge in [-0.1, -0.05) is 13.0 Å². The molecule has 1 N–H and O–H groups in total. The van der Waals surface area contributed by atoms with Crippen LogP contribution in [0.5, 0.6) is 5.75 Å². The monoisotopic (exact) mass is 291 g/mol. The number of hydrogen-bond donors (Lipinski definition) is 1. The molecule has 0 unspecified atom stereocenters. The van der Waals surface area contributed by atoms with Crippen molar-refractivity contribution in [3.05, 3.63) is 40.3 Å². The van der Waals surface area contributed by atoms with Crippen molar-refractivity contribution in [1.82, 2.24) is 10.3 Å². The average Bonchev–Trinajstić information content (AvgIpc) is 2.94. The van der Waals surface area contributed by atoms with Gasteiger partial charge in [0.2, 0.25) is 11.6 Å². The van der Waals surface area contributed by atoms with Gasteiger partial charge in [-0.2, -0.15) is 0 Å². The van der Waals surface area contributed by atoms with Gasteiger partial charge in [-0.3, -0.25) is 10.1 Å². The van der Waals surface area contributed by atoms with E-state index in [0.29, 0.717) is 24.6 Å². The number of nitro benzene ring substituents is 1. The molecule has 1 aromatic heterocycles. The number of para-hydroxylation sites is 1. The van der Waals surface area contributed by atoms with E-state index in [1.54, 1.807) is 19.1 Å². The minimum atomic E-state index is -0.475. The van der Waals surface area contributed by atoms with Crippen LogP contribution in [0.3, 0.4) is 0 Å². The first-order valence-corrected chi connectivity index (χ1v) is 6.73. The quantitative estimate of drug-likeness (QED) is 0.623. The Bertz CT molecular complexity index is 624. The maximum absolute atomic E-state index is 11.1. The molecule has 21 heavy (non-hydrogen) atoms. The number of hydrogen-bond acceptors (Lipinski definition) is 6. The van der Waals surface area contributed by atoms with Crippen LogP contribution in [-0.2, 0) is 6.54 Å². The lowest BCUT2D eigenvalue weighted by Crippen LogP contribution is -2.11. The van der Waals surface area contributed by atoms with Crippen LogP contribution in [0.2, 0.25) is 0 Å². The molecule has 0 aliphatic carbocycles. The predicted octanol–water partition coefficient (Wildman–Crippen LogP) is 2.76. The Balaban J connectivity index is 2.40. The van der Waals surface area contributed by atoms with E-state index in [0.717, 1.165) is 12.2 Å². The predicted molar refractivity (Wildman–Crippen MR) is 77.1 cm³/mol. The molecule has 2 aromatic rings. The Hall–Kier alpha value is -2.41. The van der Waals surface area contributed by atoms with Crippen molar-refractivity contribution in [3.63, 3.8) is 0 Å². The van der Waals surface area contributed by atoms with Gasteiger partial charge < -0.3 is 14.5 Å². The number of rotatable bonds is 7. The summed E-state index contributed by atoms with van der Waals surface area (Å²) in [6, 6.07) is 4.68. The van der Waals surface area contributed by atoms with Gasteiger partial charge >= 0.3 is 5.69 Å². The first-order chi connectivity index (χ1) is 10.2. The Morgan fingerprint density at radius 2 is 2.24 bits per heavy atom. The molecule has 2 rings (SSSR count). The molecule has 0 atom stereocenters.